The van der Waals surface area contributed by atoms with Crippen molar-refractivity contribution in [3.05, 3.63) is 54.1 Å². The van der Waals surface area contributed by atoms with Crippen LogP contribution in [0.15, 0.2) is 48.5 Å². The van der Waals surface area contributed by atoms with Crippen LogP contribution in [0.5, 0.6) is 0 Å². The maximum atomic E-state index is 13.1. The van der Waals surface area contributed by atoms with Gasteiger partial charge in [-0.1, -0.05) is 18.2 Å². The highest BCUT2D eigenvalue weighted by molar-refractivity contribution is 5.98. The molecule has 4 aromatic rings. The van der Waals surface area contributed by atoms with Crippen LogP contribution < -0.4 is 11.5 Å². The first-order valence-electron chi connectivity index (χ1n) is 10.8. The van der Waals surface area contributed by atoms with Crippen molar-refractivity contribution in [3.8, 4) is 11.5 Å². The SMILES string of the molecule is CCn1c(-c2nc3cc(C(=O)N4CCC(N)C(N)C4)ccc3n2C)cc2ccccc21. The summed E-state index contributed by atoms with van der Waals surface area (Å²) in [6.07, 6.45) is 0.727. The minimum atomic E-state index is -0.182. The van der Waals surface area contributed by atoms with Crippen molar-refractivity contribution < 1.29 is 4.79 Å². The van der Waals surface area contributed by atoms with E-state index in [1.807, 2.05) is 25.2 Å². The molecule has 1 amide bonds. The monoisotopic (exact) mass is 416 g/mol. The zero-order chi connectivity index (χ0) is 21.7. The van der Waals surface area contributed by atoms with E-state index in [1.165, 1.54) is 10.9 Å². The first-order chi connectivity index (χ1) is 15.0. The number of piperidine rings is 1. The summed E-state index contributed by atoms with van der Waals surface area (Å²) in [6, 6.07) is 16.1. The molecule has 5 rings (SSSR count). The molecule has 1 saturated heterocycles. The summed E-state index contributed by atoms with van der Waals surface area (Å²) in [6.45, 7) is 4.12. The Balaban J connectivity index is 1.54. The average Bonchev–Trinajstić information content (AvgIpc) is 3.32. The average molecular weight is 417 g/mol. The van der Waals surface area contributed by atoms with Crippen LogP contribution in [0.25, 0.3) is 33.5 Å². The topological polar surface area (TPSA) is 95.1 Å². The van der Waals surface area contributed by atoms with Crippen LogP contribution in [0.1, 0.15) is 23.7 Å². The van der Waals surface area contributed by atoms with Gasteiger partial charge < -0.3 is 25.5 Å². The predicted octanol–water partition coefficient (Wildman–Crippen LogP) is 2.72. The number of aryl methyl sites for hydroxylation is 2. The molecule has 0 spiro atoms. The van der Waals surface area contributed by atoms with E-state index >= 15 is 0 Å². The van der Waals surface area contributed by atoms with Gasteiger partial charge in [-0.15, -0.1) is 0 Å². The summed E-state index contributed by atoms with van der Waals surface area (Å²) in [5.41, 5.74) is 16.8. The molecular formula is C24H28N6O. The second kappa shape index (κ2) is 7.51. The van der Waals surface area contributed by atoms with Crippen molar-refractivity contribution in [1.82, 2.24) is 19.0 Å². The van der Waals surface area contributed by atoms with Gasteiger partial charge in [0.2, 0.25) is 0 Å². The highest BCUT2D eigenvalue weighted by atomic mass is 16.2. The quantitative estimate of drug-likeness (QED) is 0.537. The summed E-state index contributed by atoms with van der Waals surface area (Å²) in [4.78, 5) is 19.8. The molecule has 2 aromatic heterocycles. The van der Waals surface area contributed by atoms with Crippen LogP contribution in [-0.2, 0) is 13.6 Å². The number of carbonyl (C=O) groups excluding carboxylic acids is 1. The van der Waals surface area contributed by atoms with E-state index in [9.17, 15) is 4.79 Å². The van der Waals surface area contributed by atoms with Crippen LogP contribution in [0.2, 0.25) is 0 Å². The second-order valence-electron chi connectivity index (χ2n) is 8.40. The number of amides is 1. The van der Waals surface area contributed by atoms with Gasteiger partial charge in [0.05, 0.1) is 16.7 Å². The Kier molecular flexibility index (Phi) is 4.79. The van der Waals surface area contributed by atoms with E-state index in [0.29, 0.717) is 18.7 Å². The van der Waals surface area contributed by atoms with Crippen molar-refractivity contribution in [1.29, 1.82) is 0 Å². The summed E-state index contributed by atoms with van der Waals surface area (Å²) in [5.74, 6) is 0.878. The largest absolute Gasteiger partial charge is 0.338 e. The summed E-state index contributed by atoms with van der Waals surface area (Å²) < 4.78 is 4.38. The van der Waals surface area contributed by atoms with Crippen LogP contribution in [0, 0.1) is 0 Å². The highest BCUT2D eigenvalue weighted by Crippen LogP contribution is 2.30. The van der Waals surface area contributed by atoms with E-state index in [4.69, 9.17) is 16.5 Å². The van der Waals surface area contributed by atoms with Crippen molar-refractivity contribution >= 4 is 27.8 Å². The smallest absolute Gasteiger partial charge is 0.253 e. The number of hydrogen-bond acceptors (Lipinski definition) is 4. The number of para-hydroxylation sites is 1. The van der Waals surface area contributed by atoms with Crippen molar-refractivity contribution in [3.63, 3.8) is 0 Å². The normalized spacial score (nSPS) is 19.4. The first-order valence-corrected chi connectivity index (χ1v) is 10.8. The van der Waals surface area contributed by atoms with Gasteiger partial charge in [0, 0.05) is 55.2 Å². The number of benzene rings is 2. The van der Waals surface area contributed by atoms with Crippen molar-refractivity contribution in [2.24, 2.45) is 18.5 Å². The molecule has 0 aliphatic carbocycles. The Morgan fingerprint density at radius 2 is 1.90 bits per heavy atom. The maximum absolute atomic E-state index is 13.1. The summed E-state index contributed by atoms with van der Waals surface area (Å²) >= 11 is 0. The molecule has 31 heavy (non-hydrogen) atoms. The molecule has 0 bridgehead atoms. The second-order valence-corrected chi connectivity index (χ2v) is 8.40. The zero-order valence-electron chi connectivity index (χ0n) is 18.0. The lowest BCUT2D eigenvalue weighted by Gasteiger charge is -2.34. The van der Waals surface area contributed by atoms with Crippen LogP contribution in [-0.4, -0.2) is 50.1 Å². The molecule has 1 aliphatic rings. The predicted molar refractivity (Wildman–Crippen MR) is 124 cm³/mol. The number of aromatic nitrogens is 3. The van der Waals surface area contributed by atoms with E-state index in [0.717, 1.165) is 35.5 Å². The Labute approximate surface area is 181 Å². The van der Waals surface area contributed by atoms with Gasteiger partial charge in [-0.25, -0.2) is 4.98 Å². The van der Waals surface area contributed by atoms with Gasteiger partial charge in [0.15, 0.2) is 5.82 Å². The van der Waals surface area contributed by atoms with Crippen molar-refractivity contribution in [2.75, 3.05) is 13.1 Å². The molecule has 3 heterocycles. The lowest BCUT2D eigenvalue weighted by Crippen LogP contribution is -2.56. The molecule has 160 valence electrons. The Morgan fingerprint density at radius 3 is 2.68 bits per heavy atom. The standard InChI is InChI=1S/C24H28N6O/c1-3-30-20-7-5-4-6-15(20)13-22(30)23-27-19-12-16(8-9-21(19)28(23)2)24(31)29-11-10-17(25)18(26)14-29/h4-9,12-13,17-18H,3,10-11,14,25-26H2,1-2H3. The van der Waals surface area contributed by atoms with Crippen molar-refractivity contribution in [2.45, 2.75) is 32.0 Å². The molecule has 1 aliphatic heterocycles. The molecular weight excluding hydrogens is 388 g/mol. The molecule has 2 aromatic carbocycles. The summed E-state index contributed by atoms with van der Waals surface area (Å²) in [5, 5.41) is 1.20. The number of rotatable bonds is 3. The zero-order valence-corrected chi connectivity index (χ0v) is 18.0. The number of carbonyl (C=O) groups is 1. The third-order valence-electron chi connectivity index (χ3n) is 6.48. The highest BCUT2D eigenvalue weighted by Gasteiger charge is 2.27. The van der Waals surface area contributed by atoms with Gasteiger partial charge in [-0.3, -0.25) is 4.79 Å². The molecule has 7 nitrogen and oxygen atoms in total. The van der Waals surface area contributed by atoms with Crippen LogP contribution >= 0.6 is 0 Å². The van der Waals surface area contributed by atoms with E-state index in [1.54, 1.807) is 4.90 Å². The van der Waals surface area contributed by atoms with Gasteiger partial charge >= 0.3 is 0 Å². The fourth-order valence-electron chi connectivity index (χ4n) is 4.67. The fourth-order valence-corrected chi connectivity index (χ4v) is 4.67. The van der Waals surface area contributed by atoms with Crippen LogP contribution in [0.4, 0.5) is 0 Å². The summed E-state index contributed by atoms with van der Waals surface area (Å²) in [7, 11) is 2.02. The number of fused-ring (bicyclic) bond motifs is 2. The number of imidazole rings is 1. The minimum absolute atomic E-state index is 0.0147. The van der Waals surface area contributed by atoms with Gasteiger partial charge in [-0.2, -0.15) is 0 Å². The van der Waals surface area contributed by atoms with E-state index in [-0.39, 0.29) is 18.0 Å². The Bertz CT molecular complexity index is 1290. The number of nitrogens with two attached hydrogens (primary N) is 2. The van der Waals surface area contributed by atoms with Gasteiger partial charge in [-0.05, 0) is 43.7 Å². The number of nitrogens with zero attached hydrogens (tertiary/aromatic N) is 4. The number of likely N-dealkylation sites (tertiary alicyclic amines) is 1. The maximum Gasteiger partial charge on any atom is 0.253 e. The lowest BCUT2D eigenvalue weighted by atomic mass is 10.0. The fraction of sp³-hybridized carbons (Fsp3) is 0.333. The van der Waals surface area contributed by atoms with Crippen LogP contribution in [0.3, 0.4) is 0 Å². The molecule has 2 unspecified atom stereocenters. The Morgan fingerprint density at radius 1 is 1.10 bits per heavy atom. The third-order valence-corrected chi connectivity index (χ3v) is 6.48. The third kappa shape index (κ3) is 3.21. The molecule has 0 saturated carbocycles. The Hall–Kier alpha value is -3.16. The van der Waals surface area contributed by atoms with Gasteiger partial charge in [0.25, 0.3) is 5.91 Å². The minimum Gasteiger partial charge on any atom is -0.338 e. The number of hydrogen-bond donors (Lipinski definition) is 2. The molecule has 2 atom stereocenters. The van der Waals surface area contributed by atoms with Gasteiger partial charge in [0.1, 0.15) is 0 Å². The molecule has 0 radical (unpaired) electrons. The molecule has 7 heteroatoms. The molecule has 1 fully saturated rings. The van der Waals surface area contributed by atoms with E-state index < -0.39 is 0 Å². The van der Waals surface area contributed by atoms with E-state index in [2.05, 4.69) is 46.4 Å². The lowest BCUT2D eigenvalue weighted by molar-refractivity contribution is 0.0696. The first kappa shape index (κ1) is 19.8. The molecule has 4 N–H and O–H groups in total.